The maximum Gasteiger partial charge on any atom is 0.0411 e. The summed E-state index contributed by atoms with van der Waals surface area (Å²) in [5, 5.41) is 0. The van der Waals surface area contributed by atoms with E-state index in [0.717, 1.165) is 13.0 Å². The molecule has 2 heterocycles. The van der Waals surface area contributed by atoms with Crippen molar-refractivity contribution in [1.82, 2.24) is 4.90 Å². The molecular weight excluding hydrogens is 146 g/mol. The zero-order valence-electron chi connectivity index (χ0n) is 7.33. The molecule has 0 spiro atoms. The predicted octanol–water partition coefficient (Wildman–Crippen LogP) is 2.61. The summed E-state index contributed by atoms with van der Waals surface area (Å²) in [7, 11) is 0. The zero-order chi connectivity index (χ0) is 8.39. The maximum absolute atomic E-state index is 2.35. The van der Waals surface area contributed by atoms with Crippen LogP contribution in [0.5, 0.6) is 0 Å². The van der Waals surface area contributed by atoms with Crippen molar-refractivity contribution < 1.29 is 0 Å². The minimum absolute atomic E-state index is 1.02. The first kappa shape index (κ1) is 7.41. The number of hydrogen-bond acceptors (Lipinski definition) is 1. The number of fused-ring (bicyclic) bond motifs is 1. The highest BCUT2D eigenvalue weighted by molar-refractivity contribution is 5.37. The monoisotopic (exact) mass is 159 g/mol. The summed E-state index contributed by atoms with van der Waals surface area (Å²) in [5.41, 5.74) is 2.73. The number of allylic oxidation sites excluding steroid dienone is 6. The Balaban J connectivity index is 2.32. The van der Waals surface area contributed by atoms with Crippen LogP contribution in [0, 0.1) is 0 Å². The summed E-state index contributed by atoms with van der Waals surface area (Å²) in [6.45, 7) is 3.22. The van der Waals surface area contributed by atoms with Crippen LogP contribution in [0.25, 0.3) is 0 Å². The normalized spacial score (nSPS) is 20.2. The van der Waals surface area contributed by atoms with E-state index >= 15 is 0 Å². The van der Waals surface area contributed by atoms with Gasteiger partial charge in [0.1, 0.15) is 0 Å². The molecule has 1 heteroatoms. The van der Waals surface area contributed by atoms with E-state index in [2.05, 4.69) is 48.3 Å². The van der Waals surface area contributed by atoms with E-state index in [9.17, 15) is 0 Å². The van der Waals surface area contributed by atoms with Crippen molar-refractivity contribution in [1.29, 1.82) is 0 Å². The fourth-order valence-electron chi connectivity index (χ4n) is 1.61. The van der Waals surface area contributed by atoms with Gasteiger partial charge in [-0.2, -0.15) is 0 Å². The van der Waals surface area contributed by atoms with Crippen molar-refractivity contribution in [3.05, 3.63) is 47.9 Å². The lowest BCUT2D eigenvalue weighted by atomic mass is 10.1. The second-order valence-electron chi connectivity index (χ2n) is 3.00. The van der Waals surface area contributed by atoms with Gasteiger partial charge in [-0.1, -0.05) is 25.2 Å². The molecular formula is C11H13N. The fraction of sp³-hybridized carbons (Fsp3) is 0.273. The summed E-state index contributed by atoms with van der Waals surface area (Å²) in [4.78, 5) is 2.35. The van der Waals surface area contributed by atoms with Gasteiger partial charge < -0.3 is 4.90 Å². The third-order valence-electron chi connectivity index (χ3n) is 2.27. The Morgan fingerprint density at radius 3 is 3.08 bits per heavy atom. The third-order valence-corrected chi connectivity index (χ3v) is 2.27. The van der Waals surface area contributed by atoms with Crippen molar-refractivity contribution in [3.8, 4) is 0 Å². The van der Waals surface area contributed by atoms with Gasteiger partial charge in [0.2, 0.25) is 0 Å². The van der Waals surface area contributed by atoms with Crippen molar-refractivity contribution >= 4 is 0 Å². The van der Waals surface area contributed by atoms with Crippen LogP contribution in [0.4, 0.5) is 0 Å². The molecule has 0 aliphatic carbocycles. The topological polar surface area (TPSA) is 3.24 Å². The lowest BCUT2D eigenvalue weighted by Crippen LogP contribution is -2.24. The Morgan fingerprint density at radius 1 is 1.33 bits per heavy atom. The largest absolute Gasteiger partial charge is 0.341 e. The SMILES string of the molecule is CCC1=CC=CC2=CC=CCN21. The van der Waals surface area contributed by atoms with Crippen molar-refractivity contribution in [2.24, 2.45) is 0 Å². The molecule has 0 aromatic carbocycles. The molecule has 0 aromatic heterocycles. The van der Waals surface area contributed by atoms with Crippen LogP contribution in [-0.2, 0) is 0 Å². The molecule has 0 saturated carbocycles. The molecule has 2 aliphatic rings. The van der Waals surface area contributed by atoms with Crippen molar-refractivity contribution in [2.75, 3.05) is 6.54 Å². The molecule has 0 fully saturated rings. The quantitative estimate of drug-likeness (QED) is 0.568. The number of rotatable bonds is 1. The van der Waals surface area contributed by atoms with E-state index in [1.165, 1.54) is 11.4 Å². The molecule has 2 rings (SSSR count). The highest BCUT2D eigenvalue weighted by Crippen LogP contribution is 2.23. The molecule has 0 atom stereocenters. The van der Waals surface area contributed by atoms with E-state index in [0.29, 0.717) is 0 Å². The first-order chi connectivity index (χ1) is 5.92. The van der Waals surface area contributed by atoms with Gasteiger partial charge in [-0.15, -0.1) is 0 Å². The number of hydrogen-bond donors (Lipinski definition) is 0. The molecule has 1 nitrogen and oxygen atoms in total. The minimum Gasteiger partial charge on any atom is -0.341 e. The average molecular weight is 159 g/mol. The zero-order valence-corrected chi connectivity index (χ0v) is 7.33. The third kappa shape index (κ3) is 1.11. The lowest BCUT2D eigenvalue weighted by molar-refractivity contribution is 0.462. The van der Waals surface area contributed by atoms with Gasteiger partial charge >= 0.3 is 0 Å². The molecule has 2 aliphatic heterocycles. The van der Waals surface area contributed by atoms with Gasteiger partial charge in [0.25, 0.3) is 0 Å². The average Bonchev–Trinajstić information content (AvgIpc) is 2.17. The van der Waals surface area contributed by atoms with Gasteiger partial charge in [-0.3, -0.25) is 0 Å². The van der Waals surface area contributed by atoms with Gasteiger partial charge in [-0.05, 0) is 24.6 Å². The maximum atomic E-state index is 2.35. The van der Waals surface area contributed by atoms with E-state index in [1.807, 2.05) is 0 Å². The highest BCUT2D eigenvalue weighted by Gasteiger charge is 2.13. The van der Waals surface area contributed by atoms with Crippen LogP contribution < -0.4 is 0 Å². The Kier molecular flexibility index (Phi) is 1.86. The van der Waals surface area contributed by atoms with Gasteiger partial charge in [0.05, 0.1) is 0 Å². The Bertz CT molecular complexity index is 292. The lowest BCUT2D eigenvalue weighted by Gasteiger charge is -2.30. The van der Waals surface area contributed by atoms with Crippen LogP contribution in [0.15, 0.2) is 47.9 Å². The van der Waals surface area contributed by atoms with Crippen molar-refractivity contribution in [3.63, 3.8) is 0 Å². The molecule has 0 N–H and O–H groups in total. The summed E-state index contributed by atoms with van der Waals surface area (Å²) in [5.74, 6) is 0. The van der Waals surface area contributed by atoms with Crippen LogP contribution in [0.1, 0.15) is 13.3 Å². The van der Waals surface area contributed by atoms with Crippen LogP contribution in [-0.4, -0.2) is 11.4 Å². The Labute approximate surface area is 73.4 Å². The summed E-state index contributed by atoms with van der Waals surface area (Å²) in [6, 6.07) is 0. The van der Waals surface area contributed by atoms with Crippen LogP contribution in [0.2, 0.25) is 0 Å². The Morgan fingerprint density at radius 2 is 2.25 bits per heavy atom. The molecule has 62 valence electrons. The molecule has 0 aromatic rings. The second kappa shape index (κ2) is 3.02. The van der Waals surface area contributed by atoms with Gasteiger partial charge in [0.15, 0.2) is 0 Å². The fourth-order valence-corrected chi connectivity index (χ4v) is 1.61. The highest BCUT2D eigenvalue weighted by atomic mass is 15.1. The standard InChI is InChI=1S/C11H13N/c1-2-10-7-5-8-11-6-3-4-9-12(10)11/h3-8H,2,9H2,1H3. The smallest absolute Gasteiger partial charge is 0.0411 e. The molecule has 0 saturated heterocycles. The molecule has 0 radical (unpaired) electrons. The first-order valence-corrected chi connectivity index (χ1v) is 4.43. The minimum atomic E-state index is 1.02. The van der Waals surface area contributed by atoms with Gasteiger partial charge in [0, 0.05) is 17.9 Å². The second-order valence-corrected chi connectivity index (χ2v) is 3.00. The van der Waals surface area contributed by atoms with E-state index < -0.39 is 0 Å². The van der Waals surface area contributed by atoms with Crippen molar-refractivity contribution in [2.45, 2.75) is 13.3 Å². The summed E-state index contributed by atoms with van der Waals surface area (Å²) in [6.07, 6.45) is 14.0. The Hall–Kier alpha value is -1.24. The summed E-state index contributed by atoms with van der Waals surface area (Å²) < 4.78 is 0. The molecule has 0 amide bonds. The molecule has 0 unspecified atom stereocenters. The summed E-state index contributed by atoms with van der Waals surface area (Å²) >= 11 is 0. The molecule has 12 heavy (non-hydrogen) atoms. The molecule has 0 bridgehead atoms. The van der Waals surface area contributed by atoms with Crippen LogP contribution >= 0.6 is 0 Å². The number of nitrogens with zero attached hydrogens (tertiary/aromatic N) is 1. The predicted molar refractivity (Wildman–Crippen MR) is 51.4 cm³/mol. The van der Waals surface area contributed by atoms with Gasteiger partial charge in [-0.25, -0.2) is 0 Å². The van der Waals surface area contributed by atoms with E-state index in [1.54, 1.807) is 0 Å². The van der Waals surface area contributed by atoms with Crippen LogP contribution in [0.3, 0.4) is 0 Å². The first-order valence-electron chi connectivity index (χ1n) is 4.43. The van der Waals surface area contributed by atoms with E-state index in [-0.39, 0.29) is 0 Å². The van der Waals surface area contributed by atoms with E-state index in [4.69, 9.17) is 0 Å².